The standard InChI is InChI=1S/C23H30FNO2S/c1-12(2)17-9-16(24)10-18(13(3)4)21(17)25-28-20-11-19-22(27-20)14-6-7-15(8-14)23(19,5)26/h9-15,25-26H,6-8H2,1-5H3. The summed E-state index contributed by atoms with van der Waals surface area (Å²) in [6, 6.07) is 5.23. The highest BCUT2D eigenvalue weighted by atomic mass is 32.2. The van der Waals surface area contributed by atoms with E-state index in [2.05, 4.69) is 32.4 Å². The molecule has 2 aliphatic rings. The van der Waals surface area contributed by atoms with Crippen molar-refractivity contribution >= 4 is 17.6 Å². The Morgan fingerprint density at radius 1 is 1.14 bits per heavy atom. The van der Waals surface area contributed by atoms with E-state index in [-0.39, 0.29) is 17.7 Å². The van der Waals surface area contributed by atoms with Crippen LogP contribution >= 0.6 is 11.9 Å². The van der Waals surface area contributed by atoms with Crippen LogP contribution in [0.4, 0.5) is 10.1 Å². The van der Waals surface area contributed by atoms with Gasteiger partial charge in [-0.05, 0) is 73.3 Å². The van der Waals surface area contributed by atoms with Crippen LogP contribution in [0.15, 0.2) is 27.7 Å². The zero-order valence-electron chi connectivity index (χ0n) is 17.3. The van der Waals surface area contributed by atoms with Crippen LogP contribution < -0.4 is 4.72 Å². The van der Waals surface area contributed by atoms with Crippen molar-refractivity contribution < 1.29 is 13.9 Å². The van der Waals surface area contributed by atoms with Crippen LogP contribution in [0.2, 0.25) is 0 Å². The first-order chi connectivity index (χ1) is 13.2. The molecule has 0 aliphatic heterocycles. The van der Waals surface area contributed by atoms with E-state index in [9.17, 15) is 9.50 Å². The van der Waals surface area contributed by atoms with E-state index in [1.54, 1.807) is 12.1 Å². The Morgan fingerprint density at radius 3 is 2.39 bits per heavy atom. The zero-order valence-corrected chi connectivity index (χ0v) is 18.1. The molecule has 152 valence electrons. The van der Waals surface area contributed by atoms with Crippen molar-refractivity contribution in [3.8, 4) is 0 Å². The fourth-order valence-electron chi connectivity index (χ4n) is 4.86. The van der Waals surface area contributed by atoms with Gasteiger partial charge in [0.1, 0.15) is 11.6 Å². The molecule has 2 aliphatic carbocycles. The van der Waals surface area contributed by atoms with Gasteiger partial charge in [0.2, 0.25) is 0 Å². The van der Waals surface area contributed by atoms with Gasteiger partial charge in [-0.3, -0.25) is 0 Å². The Morgan fingerprint density at radius 2 is 1.79 bits per heavy atom. The van der Waals surface area contributed by atoms with Crippen LogP contribution in [0.25, 0.3) is 0 Å². The molecule has 0 amide bonds. The monoisotopic (exact) mass is 403 g/mol. The lowest BCUT2D eigenvalue weighted by atomic mass is 9.76. The molecule has 3 nitrogen and oxygen atoms in total. The van der Waals surface area contributed by atoms with Crippen molar-refractivity contribution in [2.75, 3.05) is 4.72 Å². The molecule has 0 radical (unpaired) electrons. The SMILES string of the molecule is CC(C)c1cc(F)cc(C(C)C)c1NSc1cc2c(o1)C1CCC(C1)C2(C)O. The van der Waals surface area contributed by atoms with Crippen LogP contribution in [0.5, 0.6) is 0 Å². The van der Waals surface area contributed by atoms with E-state index in [1.807, 2.05) is 13.0 Å². The summed E-state index contributed by atoms with van der Waals surface area (Å²) in [6.07, 6.45) is 3.16. The first-order valence-electron chi connectivity index (χ1n) is 10.3. The quantitative estimate of drug-likeness (QED) is 0.534. The predicted molar refractivity (Wildman–Crippen MR) is 112 cm³/mol. The van der Waals surface area contributed by atoms with E-state index in [4.69, 9.17) is 4.42 Å². The molecule has 1 aromatic carbocycles. The second kappa shape index (κ2) is 7.10. The normalized spacial score (nSPS) is 26.2. The summed E-state index contributed by atoms with van der Waals surface area (Å²) < 4.78 is 23.8. The average molecular weight is 404 g/mol. The summed E-state index contributed by atoms with van der Waals surface area (Å²) >= 11 is 1.41. The zero-order chi connectivity index (χ0) is 20.2. The van der Waals surface area contributed by atoms with Gasteiger partial charge in [-0.15, -0.1) is 0 Å². The molecule has 1 aromatic heterocycles. The second-order valence-corrected chi connectivity index (χ2v) is 9.98. The molecular weight excluding hydrogens is 373 g/mol. The van der Waals surface area contributed by atoms with Crippen LogP contribution in [-0.2, 0) is 5.60 Å². The molecule has 1 saturated carbocycles. The van der Waals surface area contributed by atoms with Gasteiger partial charge >= 0.3 is 0 Å². The Bertz CT molecular complexity index is 858. The van der Waals surface area contributed by atoms with Gasteiger partial charge in [0, 0.05) is 23.4 Å². The summed E-state index contributed by atoms with van der Waals surface area (Å²) in [5.41, 5.74) is 3.05. The molecular formula is C23H30FNO2S. The minimum Gasteiger partial charge on any atom is -0.452 e. The first kappa shape index (κ1) is 19.8. The number of benzene rings is 1. The van der Waals surface area contributed by atoms with Crippen molar-refractivity contribution in [2.45, 2.75) is 82.3 Å². The summed E-state index contributed by atoms with van der Waals surface area (Å²) in [6.45, 7) is 10.2. The minimum absolute atomic E-state index is 0.191. The Kier molecular flexibility index (Phi) is 5.03. The van der Waals surface area contributed by atoms with Crippen LogP contribution in [0, 0.1) is 11.7 Å². The largest absolute Gasteiger partial charge is 0.452 e. The topological polar surface area (TPSA) is 45.4 Å². The predicted octanol–water partition coefficient (Wildman–Crippen LogP) is 6.89. The number of furan rings is 1. The molecule has 2 N–H and O–H groups in total. The van der Waals surface area contributed by atoms with Crippen molar-refractivity contribution in [1.82, 2.24) is 0 Å². The van der Waals surface area contributed by atoms with Crippen molar-refractivity contribution in [1.29, 1.82) is 0 Å². The molecule has 2 bridgehead atoms. The number of rotatable bonds is 5. The summed E-state index contributed by atoms with van der Waals surface area (Å²) in [5, 5.41) is 11.8. The lowest BCUT2D eigenvalue weighted by molar-refractivity contribution is -0.0115. The van der Waals surface area contributed by atoms with Gasteiger partial charge in [-0.25, -0.2) is 4.39 Å². The number of aliphatic hydroxyl groups is 1. The molecule has 1 heterocycles. The van der Waals surface area contributed by atoms with Gasteiger partial charge in [0.25, 0.3) is 0 Å². The van der Waals surface area contributed by atoms with Crippen LogP contribution in [0.1, 0.15) is 94.1 Å². The second-order valence-electron chi connectivity index (χ2n) is 9.17. The maximum absolute atomic E-state index is 14.1. The van der Waals surface area contributed by atoms with Gasteiger partial charge < -0.3 is 14.2 Å². The van der Waals surface area contributed by atoms with Crippen molar-refractivity contribution in [3.63, 3.8) is 0 Å². The molecule has 28 heavy (non-hydrogen) atoms. The molecule has 1 fully saturated rings. The highest BCUT2D eigenvalue weighted by molar-refractivity contribution is 8.00. The summed E-state index contributed by atoms with van der Waals surface area (Å²) in [7, 11) is 0. The Hall–Kier alpha value is -1.46. The molecule has 4 rings (SSSR count). The lowest BCUT2D eigenvalue weighted by Crippen LogP contribution is -2.33. The molecule has 0 spiro atoms. The van der Waals surface area contributed by atoms with Crippen molar-refractivity contribution in [2.24, 2.45) is 5.92 Å². The van der Waals surface area contributed by atoms with E-state index in [0.717, 1.165) is 52.5 Å². The van der Waals surface area contributed by atoms with Crippen LogP contribution in [0.3, 0.4) is 0 Å². The van der Waals surface area contributed by atoms with E-state index < -0.39 is 5.60 Å². The fourth-order valence-corrected chi connectivity index (χ4v) is 5.61. The number of hydrogen-bond acceptors (Lipinski definition) is 4. The summed E-state index contributed by atoms with van der Waals surface area (Å²) in [4.78, 5) is 0. The molecule has 3 unspecified atom stereocenters. The highest BCUT2D eigenvalue weighted by Crippen LogP contribution is 2.55. The molecule has 3 atom stereocenters. The average Bonchev–Trinajstić information content (AvgIpc) is 3.25. The number of fused-ring (bicyclic) bond motifs is 4. The third kappa shape index (κ3) is 3.26. The van der Waals surface area contributed by atoms with Crippen molar-refractivity contribution in [3.05, 3.63) is 46.5 Å². The maximum Gasteiger partial charge on any atom is 0.181 e. The van der Waals surface area contributed by atoms with E-state index >= 15 is 0 Å². The van der Waals surface area contributed by atoms with Gasteiger partial charge in [0.05, 0.1) is 11.3 Å². The smallest absolute Gasteiger partial charge is 0.181 e. The number of nitrogens with one attached hydrogen (secondary N) is 1. The third-order valence-electron chi connectivity index (χ3n) is 6.54. The van der Waals surface area contributed by atoms with E-state index in [0.29, 0.717) is 11.8 Å². The maximum atomic E-state index is 14.1. The van der Waals surface area contributed by atoms with E-state index in [1.165, 1.54) is 11.9 Å². The summed E-state index contributed by atoms with van der Waals surface area (Å²) in [5.74, 6) is 1.93. The highest BCUT2D eigenvalue weighted by Gasteiger charge is 2.48. The van der Waals surface area contributed by atoms with Gasteiger partial charge in [0.15, 0.2) is 5.09 Å². The third-order valence-corrected chi connectivity index (χ3v) is 7.25. The molecule has 5 heteroatoms. The van der Waals surface area contributed by atoms with Gasteiger partial charge in [-0.1, -0.05) is 27.7 Å². The number of halogens is 1. The Balaban J connectivity index is 1.64. The number of hydrogen-bond donors (Lipinski definition) is 2. The molecule has 2 aromatic rings. The Labute approximate surface area is 171 Å². The van der Waals surface area contributed by atoms with Crippen LogP contribution in [-0.4, -0.2) is 5.11 Å². The lowest BCUT2D eigenvalue weighted by Gasteiger charge is -2.33. The molecule has 0 saturated heterocycles. The van der Waals surface area contributed by atoms with Gasteiger partial charge in [-0.2, -0.15) is 0 Å². The number of anilines is 1. The minimum atomic E-state index is -0.813. The fraction of sp³-hybridized carbons (Fsp3) is 0.565. The first-order valence-corrected chi connectivity index (χ1v) is 11.1.